The van der Waals surface area contributed by atoms with Gasteiger partial charge in [0, 0.05) is 6.42 Å². The number of hydrogen-bond acceptors (Lipinski definition) is 4. The number of nitrogens with one attached hydrogen (secondary N) is 1. The van der Waals surface area contributed by atoms with Crippen LogP contribution < -0.4 is 5.69 Å². The lowest BCUT2D eigenvalue weighted by Crippen LogP contribution is -2.28. The fourth-order valence-corrected chi connectivity index (χ4v) is 1.84. The van der Waals surface area contributed by atoms with E-state index in [1.165, 1.54) is 0 Å². The Morgan fingerprint density at radius 2 is 2.41 bits per heavy atom. The fraction of sp³-hybridized carbons (Fsp3) is 0.556. The summed E-state index contributed by atoms with van der Waals surface area (Å²) in [7, 11) is 0. The van der Waals surface area contributed by atoms with Gasteiger partial charge in [0.05, 0.1) is 12.8 Å². The van der Waals surface area contributed by atoms with Crippen molar-refractivity contribution in [1.82, 2.24) is 9.55 Å². The second-order valence-corrected chi connectivity index (χ2v) is 4.12. The maximum atomic E-state index is 13.3. The van der Waals surface area contributed by atoms with Gasteiger partial charge in [-0.25, -0.2) is 13.6 Å². The molecular weight excluding hydrogens is 254 g/mol. The predicted molar refractivity (Wildman–Crippen MR) is 56.4 cm³/mol. The molecule has 1 fully saturated rings. The molecule has 0 amide bonds. The minimum absolute atomic E-state index is 0.116. The third-order valence-electron chi connectivity index (χ3n) is 2.58. The number of alkyl halides is 1. The quantitative estimate of drug-likeness (QED) is 0.770. The highest BCUT2D eigenvalue weighted by Crippen LogP contribution is 2.29. The number of aromatic amines is 1. The van der Waals surface area contributed by atoms with Crippen molar-refractivity contribution in [3.8, 4) is 0 Å². The highest BCUT2D eigenvalue weighted by Gasteiger charge is 2.36. The standard InChI is InChI=1S/C9H10F2N2O3S/c10-4-1-7(16-6(4)3-14)13-2-5(11)8(17)12-9(13)15/h2,4,6-7,14H,1,3H2,(H,12,15,17)/t4-,6+,7+/m0/s1. The third kappa shape index (κ3) is 2.28. The summed E-state index contributed by atoms with van der Waals surface area (Å²) in [5.41, 5.74) is -0.674. The molecule has 8 heteroatoms. The molecule has 2 rings (SSSR count). The van der Waals surface area contributed by atoms with Gasteiger partial charge in [0.2, 0.25) is 0 Å². The minimum Gasteiger partial charge on any atom is -0.394 e. The summed E-state index contributed by atoms with van der Waals surface area (Å²) < 4.78 is 32.2. The van der Waals surface area contributed by atoms with Crippen molar-refractivity contribution < 1.29 is 18.6 Å². The van der Waals surface area contributed by atoms with Gasteiger partial charge >= 0.3 is 5.69 Å². The smallest absolute Gasteiger partial charge is 0.328 e. The molecule has 17 heavy (non-hydrogen) atoms. The molecule has 94 valence electrons. The molecule has 1 saturated heterocycles. The molecule has 0 saturated carbocycles. The molecule has 0 radical (unpaired) electrons. The SMILES string of the molecule is O=c1[nH]c(=S)c(F)cn1[C@H]1C[C@H](F)[C@@H](CO)O1. The average Bonchev–Trinajstić information content (AvgIpc) is 2.65. The van der Waals surface area contributed by atoms with E-state index in [9.17, 15) is 13.6 Å². The van der Waals surface area contributed by atoms with Gasteiger partial charge in [-0.15, -0.1) is 0 Å². The van der Waals surface area contributed by atoms with Crippen LogP contribution in [0.2, 0.25) is 0 Å². The van der Waals surface area contributed by atoms with Gasteiger partial charge in [-0.05, 0) is 0 Å². The van der Waals surface area contributed by atoms with E-state index in [2.05, 4.69) is 17.2 Å². The van der Waals surface area contributed by atoms with Crippen LogP contribution in [0.1, 0.15) is 12.6 Å². The Morgan fingerprint density at radius 1 is 1.71 bits per heavy atom. The summed E-state index contributed by atoms with van der Waals surface area (Å²) in [6.45, 7) is -0.488. The number of H-pyrrole nitrogens is 1. The molecule has 0 spiro atoms. The first-order chi connectivity index (χ1) is 8.02. The van der Waals surface area contributed by atoms with Crippen LogP contribution in [0.25, 0.3) is 0 Å². The summed E-state index contributed by atoms with van der Waals surface area (Å²) in [4.78, 5) is 13.6. The monoisotopic (exact) mass is 264 g/mol. The lowest BCUT2D eigenvalue weighted by molar-refractivity contribution is -0.0359. The van der Waals surface area contributed by atoms with E-state index >= 15 is 0 Å². The number of halogens is 2. The van der Waals surface area contributed by atoms with Gasteiger partial charge in [-0.3, -0.25) is 9.55 Å². The van der Waals surface area contributed by atoms with Gasteiger partial charge in [-0.2, -0.15) is 0 Å². The molecule has 2 N–H and O–H groups in total. The topological polar surface area (TPSA) is 67.2 Å². The predicted octanol–water partition coefficient (Wildman–Crippen LogP) is 0.663. The average molecular weight is 264 g/mol. The van der Waals surface area contributed by atoms with Crippen molar-refractivity contribution in [3.63, 3.8) is 0 Å². The Morgan fingerprint density at radius 3 is 3.00 bits per heavy atom. The molecule has 0 aromatic carbocycles. The number of nitrogens with zero attached hydrogens (tertiary/aromatic N) is 1. The maximum Gasteiger partial charge on any atom is 0.328 e. The van der Waals surface area contributed by atoms with Crippen LogP contribution in [0.5, 0.6) is 0 Å². The van der Waals surface area contributed by atoms with E-state index in [1.807, 2.05) is 0 Å². The molecule has 1 aromatic heterocycles. The summed E-state index contributed by atoms with van der Waals surface area (Å²) in [6.07, 6.45) is -2.55. The molecule has 1 aliphatic rings. The Kier molecular flexibility index (Phi) is 3.36. The fourth-order valence-electron chi connectivity index (χ4n) is 1.70. The molecule has 1 aliphatic heterocycles. The zero-order chi connectivity index (χ0) is 12.6. The molecule has 0 unspecified atom stereocenters. The third-order valence-corrected chi connectivity index (χ3v) is 2.87. The summed E-state index contributed by atoms with van der Waals surface area (Å²) >= 11 is 4.55. The van der Waals surface area contributed by atoms with E-state index in [1.54, 1.807) is 0 Å². The minimum atomic E-state index is -1.39. The number of ether oxygens (including phenoxy) is 1. The zero-order valence-electron chi connectivity index (χ0n) is 8.60. The molecule has 5 nitrogen and oxygen atoms in total. The van der Waals surface area contributed by atoms with Crippen LogP contribution in [-0.4, -0.2) is 33.5 Å². The lowest BCUT2D eigenvalue weighted by Gasteiger charge is -2.14. The summed E-state index contributed by atoms with van der Waals surface area (Å²) in [5.74, 6) is -0.786. The van der Waals surface area contributed by atoms with Crippen molar-refractivity contribution >= 4 is 12.2 Å². The van der Waals surface area contributed by atoms with Crippen molar-refractivity contribution in [2.45, 2.75) is 24.9 Å². The largest absolute Gasteiger partial charge is 0.394 e. The molecule has 3 atom stereocenters. The number of aliphatic hydroxyl groups is 1. The van der Waals surface area contributed by atoms with Crippen LogP contribution in [0, 0.1) is 10.5 Å². The summed E-state index contributed by atoms with van der Waals surface area (Å²) in [5, 5.41) is 8.82. The first kappa shape index (κ1) is 12.3. The van der Waals surface area contributed by atoms with Gasteiger partial charge < -0.3 is 9.84 Å². The van der Waals surface area contributed by atoms with Crippen LogP contribution in [0.15, 0.2) is 11.0 Å². The van der Waals surface area contributed by atoms with Crippen molar-refractivity contribution in [3.05, 3.63) is 27.1 Å². The lowest BCUT2D eigenvalue weighted by atomic mass is 10.2. The Labute approximate surface area is 99.7 Å². The van der Waals surface area contributed by atoms with Gasteiger partial charge in [-0.1, -0.05) is 12.2 Å². The zero-order valence-corrected chi connectivity index (χ0v) is 9.42. The second-order valence-electron chi connectivity index (χ2n) is 3.71. The van der Waals surface area contributed by atoms with E-state index in [0.717, 1.165) is 10.8 Å². The van der Waals surface area contributed by atoms with Crippen LogP contribution in [-0.2, 0) is 4.74 Å². The van der Waals surface area contributed by atoms with Crippen LogP contribution in [0.4, 0.5) is 8.78 Å². The van der Waals surface area contributed by atoms with E-state index in [-0.39, 0.29) is 11.1 Å². The van der Waals surface area contributed by atoms with Gasteiger partial charge in [0.25, 0.3) is 0 Å². The van der Waals surface area contributed by atoms with Gasteiger partial charge in [0.15, 0.2) is 5.82 Å². The van der Waals surface area contributed by atoms with Crippen molar-refractivity contribution in [2.24, 2.45) is 0 Å². The number of aromatic nitrogens is 2. The number of rotatable bonds is 2. The highest BCUT2D eigenvalue weighted by molar-refractivity contribution is 7.71. The molecule has 1 aromatic rings. The van der Waals surface area contributed by atoms with E-state index in [0.29, 0.717) is 0 Å². The highest BCUT2D eigenvalue weighted by atomic mass is 32.1. The van der Waals surface area contributed by atoms with Crippen LogP contribution in [0.3, 0.4) is 0 Å². The molecule has 0 aliphatic carbocycles. The Bertz CT molecular complexity index is 530. The maximum absolute atomic E-state index is 13.3. The number of hydrogen-bond donors (Lipinski definition) is 2. The Balaban J connectivity index is 2.34. The van der Waals surface area contributed by atoms with E-state index < -0.39 is 36.6 Å². The first-order valence-corrected chi connectivity index (χ1v) is 5.35. The van der Waals surface area contributed by atoms with Gasteiger partial charge in [0.1, 0.15) is 23.1 Å². The molecular formula is C9H10F2N2O3S. The van der Waals surface area contributed by atoms with Crippen molar-refractivity contribution in [2.75, 3.05) is 6.61 Å². The first-order valence-electron chi connectivity index (χ1n) is 4.94. The van der Waals surface area contributed by atoms with Crippen LogP contribution >= 0.6 is 12.2 Å². The van der Waals surface area contributed by atoms with E-state index in [4.69, 9.17) is 9.84 Å². The van der Waals surface area contributed by atoms with Crippen molar-refractivity contribution in [1.29, 1.82) is 0 Å². The molecule has 2 heterocycles. The normalized spacial score (nSPS) is 28.5. The molecule has 0 bridgehead atoms. The number of aliphatic hydroxyl groups excluding tert-OH is 1. The Hall–Kier alpha value is -1.12. The summed E-state index contributed by atoms with van der Waals surface area (Å²) in [6, 6.07) is 0. The second kappa shape index (κ2) is 4.63.